The van der Waals surface area contributed by atoms with E-state index in [0.29, 0.717) is 17.0 Å². The molecule has 9 heteroatoms. The third-order valence-corrected chi connectivity index (χ3v) is 4.77. The van der Waals surface area contributed by atoms with Gasteiger partial charge in [0.2, 0.25) is 5.91 Å². The Morgan fingerprint density at radius 1 is 1.13 bits per heavy atom. The van der Waals surface area contributed by atoms with Gasteiger partial charge in [-0.05, 0) is 38.5 Å². The maximum Gasteiger partial charge on any atom is 0.280 e. The molecule has 0 aliphatic heterocycles. The molecule has 0 unspecified atom stereocenters. The molecule has 2 aromatic carbocycles. The third kappa shape index (κ3) is 4.50. The fraction of sp³-hybridized carbons (Fsp3) is 0.227. The predicted octanol–water partition coefficient (Wildman–Crippen LogP) is 3.24. The first-order chi connectivity index (χ1) is 14.9. The second-order valence-corrected chi connectivity index (χ2v) is 7.27. The highest BCUT2D eigenvalue weighted by molar-refractivity contribution is 5.77. The standard InChI is InChI=1S/C22H21FN6O2/c1-13-8-9-18(14(2)10-13)29-26-15(3)21(27-29)22-25-19(28-31-22)11-20(30)24-12-16-6-4-5-7-17(16)23/h4-10H,11-12H2,1-3H3,(H,24,30). The quantitative estimate of drug-likeness (QED) is 0.514. The molecule has 0 bridgehead atoms. The first kappa shape index (κ1) is 20.4. The van der Waals surface area contributed by atoms with E-state index in [1.807, 2.05) is 26.0 Å². The Bertz CT molecular complexity index is 1250. The molecule has 2 aromatic heterocycles. The Morgan fingerprint density at radius 3 is 2.71 bits per heavy atom. The second-order valence-electron chi connectivity index (χ2n) is 7.27. The van der Waals surface area contributed by atoms with E-state index >= 15 is 0 Å². The molecule has 0 spiro atoms. The molecule has 4 aromatic rings. The minimum Gasteiger partial charge on any atom is -0.352 e. The number of halogens is 1. The second kappa shape index (κ2) is 8.47. The number of rotatable bonds is 6. The van der Waals surface area contributed by atoms with Gasteiger partial charge in [0, 0.05) is 12.1 Å². The highest BCUT2D eigenvalue weighted by Gasteiger charge is 2.19. The number of hydrogen-bond acceptors (Lipinski definition) is 6. The van der Waals surface area contributed by atoms with Crippen LogP contribution in [0.2, 0.25) is 0 Å². The van der Waals surface area contributed by atoms with Gasteiger partial charge in [0.05, 0.1) is 17.8 Å². The van der Waals surface area contributed by atoms with E-state index in [1.165, 1.54) is 10.9 Å². The van der Waals surface area contributed by atoms with Crippen molar-refractivity contribution < 1.29 is 13.7 Å². The summed E-state index contributed by atoms with van der Waals surface area (Å²) in [6, 6.07) is 12.3. The molecule has 31 heavy (non-hydrogen) atoms. The molecule has 158 valence electrons. The van der Waals surface area contributed by atoms with E-state index in [0.717, 1.165) is 16.8 Å². The predicted molar refractivity (Wildman–Crippen MR) is 111 cm³/mol. The van der Waals surface area contributed by atoms with Crippen LogP contribution in [0.25, 0.3) is 17.3 Å². The van der Waals surface area contributed by atoms with Gasteiger partial charge in [-0.3, -0.25) is 4.79 Å². The highest BCUT2D eigenvalue weighted by Crippen LogP contribution is 2.21. The summed E-state index contributed by atoms with van der Waals surface area (Å²) in [7, 11) is 0. The molecule has 0 fully saturated rings. The van der Waals surface area contributed by atoms with E-state index < -0.39 is 0 Å². The lowest BCUT2D eigenvalue weighted by atomic mass is 10.1. The van der Waals surface area contributed by atoms with Crippen LogP contribution in [0, 0.1) is 26.6 Å². The zero-order valence-corrected chi connectivity index (χ0v) is 17.4. The number of nitrogens with one attached hydrogen (secondary N) is 1. The van der Waals surface area contributed by atoms with Gasteiger partial charge in [0.25, 0.3) is 5.89 Å². The minimum atomic E-state index is -0.368. The maximum absolute atomic E-state index is 13.7. The van der Waals surface area contributed by atoms with Crippen LogP contribution in [0.1, 0.15) is 28.2 Å². The largest absolute Gasteiger partial charge is 0.352 e. The van der Waals surface area contributed by atoms with E-state index in [2.05, 4.69) is 31.7 Å². The number of carbonyl (C=O) groups is 1. The number of carbonyl (C=O) groups excluding carboxylic acids is 1. The summed E-state index contributed by atoms with van der Waals surface area (Å²) in [5.41, 5.74) is 4.53. The Morgan fingerprint density at radius 2 is 1.94 bits per heavy atom. The summed E-state index contributed by atoms with van der Waals surface area (Å²) in [6.45, 7) is 5.90. The number of aromatic nitrogens is 5. The van der Waals surface area contributed by atoms with Crippen molar-refractivity contribution in [2.75, 3.05) is 0 Å². The smallest absolute Gasteiger partial charge is 0.280 e. The lowest BCUT2D eigenvalue weighted by Crippen LogP contribution is -2.25. The van der Waals surface area contributed by atoms with Gasteiger partial charge < -0.3 is 9.84 Å². The summed E-state index contributed by atoms with van der Waals surface area (Å²) in [6.07, 6.45) is -0.0950. The van der Waals surface area contributed by atoms with Gasteiger partial charge in [-0.1, -0.05) is 41.1 Å². The molecule has 0 atom stereocenters. The average molecular weight is 420 g/mol. The molecule has 0 saturated heterocycles. The Balaban J connectivity index is 1.46. The summed E-state index contributed by atoms with van der Waals surface area (Å²) in [4.78, 5) is 18.0. The molecular weight excluding hydrogens is 399 g/mol. The molecule has 2 heterocycles. The molecule has 0 saturated carbocycles. The third-order valence-electron chi connectivity index (χ3n) is 4.77. The van der Waals surface area contributed by atoms with E-state index in [-0.39, 0.29) is 36.4 Å². The van der Waals surface area contributed by atoms with Gasteiger partial charge in [-0.2, -0.15) is 14.9 Å². The lowest BCUT2D eigenvalue weighted by Gasteiger charge is -2.04. The van der Waals surface area contributed by atoms with Crippen LogP contribution in [-0.2, 0) is 17.8 Å². The average Bonchev–Trinajstić information content (AvgIpc) is 3.33. The Labute approximate surface area is 178 Å². The molecule has 0 radical (unpaired) electrons. The van der Waals surface area contributed by atoms with Crippen LogP contribution >= 0.6 is 0 Å². The van der Waals surface area contributed by atoms with Gasteiger partial charge in [0.1, 0.15) is 5.82 Å². The molecule has 0 aliphatic carbocycles. The maximum atomic E-state index is 13.7. The first-order valence-corrected chi connectivity index (χ1v) is 9.75. The minimum absolute atomic E-state index is 0.0829. The van der Waals surface area contributed by atoms with E-state index in [1.54, 1.807) is 25.1 Å². The van der Waals surface area contributed by atoms with Crippen molar-refractivity contribution in [3.63, 3.8) is 0 Å². The van der Waals surface area contributed by atoms with Crippen molar-refractivity contribution in [2.45, 2.75) is 33.7 Å². The summed E-state index contributed by atoms with van der Waals surface area (Å²) in [5.74, 6) is -0.315. The topological polar surface area (TPSA) is 98.7 Å². The monoisotopic (exact) mass is 420 g/mol. The number of hydrogen-bond donors (Lipinski definition) is 1. The van der Waals surface area contributed by atoms with Crippen molar-refractivity contribution in [1.82, 2.24) is 30.5 Å². The Hall–Kier alpha value is -3.88. The van der Waals surface area contributed by atoms with E-state index in [9.17, 15) is 9.18 Å². The van der Waals surface area contributed by atoms with Gasteiger partial charge >= 0.3 is 0 Å². The zero-order chi connectivity index (χ0) is 22.0. The van der Waals surface area contributed by atoms with Crippen LogP contribution in [0.15, 0.2) is 47.0 Å². The lowest BCUT2D eigenvalue weighted by molar-refractivity contribution is -0.120. The summed E-state index contributed by atoms with van der Waals surface area (Å²) < 4.78 is 19.0. The molecule has 1 N–H and O–H groups in total. The summed E-state index contributed by atoms with van der Waals surface area (Å²) in [5, 5.41) is 15.4. The van der Waals surface area contributed by atoms with Crippen molar-refractivity contribution in [1.29, 1.82) is 0 Å². The zero-order valence-electron chi connectivity index (χ0n) is 17.4. The van der Waals surface area contributed by atoms with Gasteiger partial charge in [-0.25, -0.2) is 4.39 Å². The van der Waals surface area contributed by atoms with Crippen molar-refractivity contribution >= 4 is 5.91 Å². The highest BCUT2D eigenvalue weighted by atomic mass is 19.1. The summed E-state index contributed by atoms with van der Waals surface area (Å²) >= 11 is 0. The number of benzene rings is 2. The fourth-order valence-electron chi connectivity index (χ4n) is 3.18. The van der Waals surface area contributed by atoms with E-state index in [4.69, 9.17) is 4.52 Å². The molecular formula is C22H21FN6O2. The first-order valence-electron chi connectivity index (χ1n) is 9.75. The molecule has 4 rings (SSSR count). The number of nitrogens with zero attached hydrogens (tertiary/aromatic N) is 5. The molecule has 1 amide bonds. The molecule has 0 aliphatic rings. The van der Waals surface area contributed by atoms with Crippen molar-refractivity contribution in [2.24, 2.45) is 0 Å². The number of amides is 1. The normalized spacial score (nSPS) is 11.0. The number of aryl methyl sites for hydroxylation is 3. The Kier molecular flexibility index (Phi) is 5.57. The van der Waals surface area contributed by atoms with Crippen LogP contribution in [-0.4, -0.2) is 31.0 Å². The van der Waals surface area contributed by atoms with Crippen LogP contribution in [0.5, 0.6) is 0 Å². The molecule has 8 nitrogen and oxygen atoms in total. The van der Waals surface area contributed by atoms with Gasteiger partial charge in [-0.15, -0.1) is 5.10 Å². The van der Waals surface area contributed by atoms with Crippen LogP contribution in [0.3, 0.4) is 0 Å². The van der Waals surface area contributed by atoms with Crippen LogP contribution in [0.4, 0.5) is 4.39 Å². The van der Waals surface area contributed by atoms with Gasteiger partial charge in [0.15, 0.2) is 11.5 Å². The SMILES string of the molecule is Cc1ccc(-n2nc(C)c(-c3nc(CC(=O)NCc4ccccc4F)no3)n2)c(C)c1. The van der Waals surface area contributed by atoms with Crippen molar-refractivity contribution in [3.05, 3.63) is 76.5 Å². The fourth-order valence-corrected chi connectivity index (χ4v) is 3.18. The van der Waals surface area contributed by atoms with Crippen molar-refractivity contribution in [3.8, 4) is 17.3 Å². The van der Waals surface area contributed by atoms with Crippen LogP contribution < -0.4 is 5.32 Å².